The number of nitrogens with zero attached hydrogens (tertiary/aromatic N) is 4. The molecule has 6 heteroatoms. The minimum atomic E-state index is 0.711. The second-order valence-electron chi connectivity index (χ2n) is 5.65. The van der Waals surface area contributed by atoms with Crippen molar-refractivity contribution in [1.29, 1.82) is 0 Å². The summed E-state index contributed by atoms with van der Waals surface area (Å²) in [4.78, 5) is 9.08. The molecule has 1 fully saturated rings. The molecule has 1 aromatic heterocycles. The quantitative estimate of drug-likeness (QED) is 0.778. The Balaban J connectivity index is 1.90. The highest BCUT2D eigenvalue weighted by atomic mass is 15.4. The van der Waals surface area contributed by atoms with Gasteiger partial charge in [-0.3, -0.25) is 5.10 Å². The lowest BCUT2D eigenvalue weighted by Gasteiger charge is -2.31. The maximum atomic E-state index is 4.61. The Kier molecular flexibility index (Phi) is 5.15. The standard InChI is InChI=1S/C13H26N6/c1-14-9-11-5-4-7-19(10-11)13-15-12(16-17-13)6-8-18(2)3/h11,14H,4-10H2,1-3H3,(H,15,16,17). The van der Waals surface area contributed by atoms with Gasteiger partial charge >= 0.3 is 0 Å². The summed E-state index contributed by atoms with van der Waals surface area (Å²) in [6.07, 6.45) is 3.46. The van der Waals surface area contributed by atoms with Crippen molar-refractivity contribution in [2.45, 2.75) is 19.3 Å². The van der Waals surface area contributed by atoms with E-state index in [0.717, 1.165) is 44.4 Å². The smallest absolute Gasteiger partial charge is 0.244 e. The van der Waals surface area contributed by atoms with Crippen LogP contribution in [0.25, 0.3) is 0 Å². The predicted molar refractivity (Wildman–Crippen MR) is 77.5 cm³/mol. The third-order valence-electron chi connectivity index (χ3n) is 3.61. The van der Waals surface area contributed by atoms with Crippen molar-refractivity contribution < 1.29 is 0 Å². The minimum absolute atomic E-state index is 0.711. The fraction of sp³-hybridized carbons (Fsp3) is 0.846. The predicted octanol–water partition coefficient (Wildman–Crippen LogP) is 0.345. The van der Waals surface area contributed by atoms with Crippen molar-refractivity contribution in [3.8, 4) is 0 Å². The summed E-state index contributed by atoms with van der Waals surface area (Å²) in [5.74, 6) is 2.57. The second-order valence-corrected chi connectivity index (χ2v) is 5.65. The molecule has 0 aromatic carbocycles. The summed E-state index contributed by atoms with van der Waals surface area (Å²) in [5.41, 5.74) is 0. The topological polar surface area (TPSA) is 60.1 Å². The fourth-order valence-corrected chi connectivity index (χ4v) is 2.57. The normalized spacial score (nSPS) is 20.2. The largest absolute Gasteiger partial charge is 0.339 e. The lowest BCUT2D eigenvalue weighted by molar-refractivity contribution is 0.399. The van der Waals surface area contributed by atoms with E-state index in [1.54, 1.807) is 0 Å². The van der Waals surface area contributed by atoms with E-state index in [0.29, 0.717) is 5.92 Å². The molecular weight excluding hydrogens is 240 g/mol. The number of H-pyrrole nitrogens is 1. The number of aromatic amines is 1. The van der Waals surface area contributed by atoms with Crippen molar-refractivity contribution in [2.24, 2.45) is 5.92 Å². The zero-order valence-corrected chi connectivity index (χ0v) is 12.3. The fourth-order valence-electron chi connectivity index (χ4n) is 2.57. The van der Waals surface area contributed by atoms with Crippen molar-refractivity contribution >= 4 is 5.95 Å². The third kappa shape index (κ3) is 4.18. The summed E-state index contributed by atoms with van der Waals surface area (Å²) in [7, 11) is 6.17. The molecular formula is C13H26N6. The van der Waals surface area contributed by atoms with Gasteiger partial charge < -0.3 is 15.1 Å². The molecule has 0 aliphatic carbocycles. The van der Waals surface area contributed by atoms with Crippen LogP contribution in [0.1, 0.15) is 18.7 Å². The first-order chi connectivity index (χ1) is 9.19. The van der Waals surface area contributed by atoms with Gasteiger partial charge in [0.2, 0.25) is 5.95 Å². The molecule has 1 atom stereocenters. The second kappa shape index (κ2) is 6.86. The summed E-state index contributed by atoms with van der Waals surface area (Å²) in [5, 5.41) is 10.7. The molecule has 2 rings (SSSR count). The van der Waals surface area contributed by atoms with E-state index in [2.05, 4.69) is 44.4 Å². The van der Waals surface area contributed by atoms with E-state index in [9.17, 15) is 0 Å². The van der Waals surface area contributed by atoms with Gasteiger partial charge in [0, 0.05) is 26.1 Å². The highest BCUT2D eigenvalue weighted by Crippen LogP contribution is 2.19. The molecule has 2 N–H and O–H groups in total. The van der Waals surface area contributed by atoms with Crippen LogP contribution in [-0.4, -0.2) is 67.4 Å². The van der Waals surface area contributed by atoms with Crippen molar-refractivity contribution in [3.05, 3.63) is 5.82 Å². The summed E-state index contributed by atoms with van der Waals surface area (Å²) in [6.45, 7) is 4.21. The number of hydrogen-bond donors (Lipinski definition) is 2. The van der Waals surface area contributed by atoms with Crippen LogP contribution in [0.5, 0.6) is 0 Å². The van der Waals surface area contributed by atoms with E-state index in [1.807, 2.05) is 7.05 Å². The van der Waals surface area contributed by atoms with Gasteiger partial charge in [-0.05, 0) is 46.4 Å². The van der Waals surface area contributed by atoms with Gasteiger partial charge in [-0.25, -0.2) is 0 Å². The van der Waals surface area contributed by atoms with E-state index in [-0.39, 0.29) is 0 Å². The van der Waals surface area contributed by atoms with Crippen molar-refractivity contribution in [1.82, 2.24) is 25.4 Å². The van der Waals surface area contributed by atoms with Gasteiger partial charge in [-0.15, -0.1) is 5.10 Å². The number of piperidine rings is 1. The van der Waals surface area contributed by atoms with Gasteiger partial charge in [-0.1, -0.05) is 0 Å². The highest BCUT2D eigenvalue weighted by Gasteiger charge is 2.22. The van der Waals surface area contributed by atoms with Gasteiger partial charge in [0.1, 0.15) is 5.82 Å². The van der Waals surface area contributed by atoms with Crippen LogP contribution < -0.4 is 10.2 Å². The van der Waals surface area contributed by atoms with Crippen LogP contribution in [0.2, 0.25) is 0 Å². The average Bonchev–Trinajstić information content (AvgIpc) is 2.86. The molecule has 0 bridgehead atoms. The maximum Gasteiger partial charge on any atom is 0.244 e. The lowest BCUT2D eigenvalue weighted by Crippen LogP contribution is -2.39. The number of rotatable bonds is 6. The Hall–Kier alpha value is -1.14. The van der Waals surface area contributed by atoms with Crippen LogP contribution in [0.15, 0.2) is 0 Å². The first kappa shape index (κ1) is 14.3. The summed E-state index contributed by atoms with van der Waals surface area (Å²) in [6, 6.07) is 0. The van der Waals surface area contributed by atoms with Gasteiger partial charge in [-0.2, -0.15) is 4.98 Å². The number of hydrogen-bond acceptors (Lipinski definition) is 5. The molecule has 0 amide bonds. The molecule has 1 aromatic rings. The zero-order valence-electron chi connectivity index (χ0n) is 12.3. The molecule has 1 saturated heterocycles. The average molecular weight is 266 g/mol. The van der Waals surface area contributed by atoms with Gasteiger partial charge in [0.05, 0.1) is 0 Å². The Bertz CT molecular complexity index is 373. The Morgan fingerprint density at radius 2 is 2.32 bits per heavy atom. The van der Waals surface area contributed by atoms with Crippen LogP contribution in [0, 0.1) is 5.92 Å². The van der Waals surface area contributed by atoms with Crippen LogP contribution >= 0.6 is 0 Å². The first-order valence-corrected chi connectivity index (χ1v) is 7.14. The van der Waals surface area contributed by atoms with E-state index < -0.39 is 0 Å². The molecule has 0 saturated carbocycles. The zero-order chi connectivity index (χ0) is 13.7. The molecule has 1 unspecified atom stereocenters. The Morgan fingerprint density at radius 3 is 3.05 bits per heavy atom. The number of nitrogens with one attached hydrogen (secondary N) is 2. The molecule has 1 aliphatic heterocycles. The molecule has 0 radical (unpaired) electrons. The first-order valence-electron chi connectivity index (χ1n) is 7.14. The van der Waals surface area contributed by atoms with E-state index in [1.165, 1.54) is 12.8 Å². The van der Waals surface area contributed by atoms with E-state index in [4.69, 9.17) is 0 Å². The van der Waals surface area contributed by atoms with Crippen LogP contribution in [-0.2, 0) is 6.42 Å². The lowest BCUT2D eigenvalue weighted by atomic mass is 9.98. The van der Waals surface area contributed by atoms with E-state index >= 15 is 0 Å². The number of aromatic nitrogens is 3. The summed E-state index contributed by atoms with van der Waals surface area (Å²) < 4.78 is 0. The molecule has 2 heterocycles. The molecule has 6 nitrogen and oxygen atoms in total. The molecule has 1 aliphatic rings. The highest BCUT2D eigenvalue weighted by molar-refractivity contribution is 5.29. The molecule has 108 valence electrons. The molecule has 0 spiro atoms. The van der Waals surface area contributed by atoms with Gasteiger partial charge in [0.25, 0.3) is 0 Å². The van der Waals surface area contributed by atoms with Crippen molar-refractivity contribution in [2.75, 3.05) is 52.2 Å². The van der Waals surface area contributed by atoms with Gasteiger partial charge in [0.15, 0.2) is 0 Å². The Labute approximate surface area is 115 Å². The maximum absolute atomic E-state index is 4.61. The SMILES string of the molecule is CNCC1CCCN(c2n[nH]c(CCN(C)C)n2)C1. The number of anilines is 1. The Morgan fingerprint density at radius 1 is 1.47 bits per heavy atom. The van der Waals surface area contributed by atoms with Crippen LogP contribution in [0.4, 0.5) is 5.95 Å². The molecule has 19 heavy (non-hydrogen) atoms. The van der Waals surface area contributed by atoms with Crippen molar-refractivity contribution in [3.63, 3.8) is 0 Å². The summed E-state index contributed by atoms with van der Waals surface area (Å²) >= 11 is 0. The minimum Gasteiger partial charge on any atom is -0.339 e. The third-order valence-corrected chi connectivity index (χ3v) is 3.61. The number of likely N-dealkylation sites (N-methyl/N-ethyl adjacent to an activating group) is 1. The van der Waals surface area contributed by atoms with Crippen LogP contribution in [0.3, 0.4) is 0 Å². The monoisotopic (exact) mass is 266 g/mol.